The van der Waals surface area contributed by atoms with Gasteiger partial charge in [-0.05, 0) is 42.7 Å². The number of allylic oxidation sites excluding steroid dienone is 2. The number of aromatic nitrogens is 2. The Labute approximate surface area is 218 Å². The van der Waals surface area contributed by atoms with Gasteiger partial charge in [-0.3, -0.25) is 14.9 Å². The van der Waals surface area contributed by atoms with Gasteiger partial charge in [-0.1, -0.05) is 35.9 Å². The molecule has 2 aromatic carbocycles. The van der Waals surface area contributed by atoms with Gasteiger partial charge in [0.1, 0.15) is 16.7 Å². The summed E-state index contributed by atoms with van der Waals surface area (Å²) >= 11 is 6.56. The minimum atomic E-state index is -0.712. The van der Waals surface area contributed by atoms with E-state index in [9.17, 15) is 14.4 Å². The lowest BCUT2D eigenvalue weighted by Crippen LogP contribution is -2.17. The first-order valence-electron chi connectivity index (χ1n) is 11.7. The van der Waals surface area contributed by atoms with Crippen molar-refractivity contribution < 1.29 is 19.1 Å². The molecule has 0 saturated carbocycles. The van der Waals surface area contributed by atoms with Crippen LogP contribution in [0.25, 0.3) is 11.3 Å². The Bertz CT molecular complexity index is 1350. The second kappa shape index (κ2) is 11.7. The molecule has 0 radical (unpaired) electrons. The molecule has 37 heavy (non-hydrogen) atoms. The van der Waals surface area contributed by atoms with Crippen molar-refractivity contribution in [3.8, 4) is 11.3 Å². The molecule has 0 saturated heterocycles. The lowest BCUT2D eigenvalue weighted by Gasteiger charge is -2.18. The van der Waals surface area contributed by atoms with E-state index in [-0.39, 0.29) is 28.9 Å². The van der Waals surface area contributed by atoms with Crippen molar-refractivity contribution in [1.82, 2.24) is 9.97 Å². The summed E-state index contributed by atoms with van der Waals surface area (Å²) in [4.78, 5) is 45.7. The molecule has 4 rings (SSSR count). The molecule has 3 amide bonds. The van der Waals surface area contributed by atoms with E-state index in [0.717, 1.165) is 12.0 Å². The van der Waals surface area contributed by atoms with Gasteiger partial charge in [0, 0.05) is 30.6 Å². The van der Waals surface area contributed by atoms with Crippen LogP contribution in [-0.2, 0) is 22.5 Å². The van der Waals surface area contributed by atoms with Crippen molar-refractivity contribution in [1.29, 1.82) is 0 Å². The molecule has 6 N–H and O–H groups in total. The Kier molecular flexibility index (Phi) is 8.22. The summed E-state index contributed by atoms with van der Waals surface area (Å²) in [6, 6.07) is 9.98. The zero-order valence-electron chi connectivity index (χ0n) is 20.2. The largest absolute Gasteiger partial charge is 0.453 e. The average molecular weight is 523 g/mol. The summed E-state index contributed by atoms with van der Waals surface area (Å²) in [5.74, 6) is 0.000737. The van der Waals surface area contributed by atoms with Gasteiger partial charge in [0.25, 0.3) is 5.91 Å². The molecular weight excluding hydrogens is 496 g/mol. The Morgan fingerprint density at radius 3 is 2.54 bits per heavy atom. The Morgan fingerprint density at radius 1 is 1.11 bits per heavy atom. The SMILES string of the molecule is COC(=O)Nc1cc2c(c(NC(=O)c3ccc(CN)cc3)c1)-c1nc([nH]c1Cl)CCC=CCCC(=O)N2. The molecule has 192 valence electrons. The van der Waals surface area contributed by atoms with Crippen molar-refractivity contribution in [3.63, 3.8) is 0 Å². The topological polar surface area (TPSA) is 151 Å². The minimum Gasteiger partial charge on any atom is -0.453 e. The number of methoxy groups -OCH3 is 1. The lowest BCUT2D eigenvalue weighted by atomic mass is 10.0. The maximum absolute atomic E-state index is 13.2. The molecule has 11 heteroatoms. The number of H-pyrrole nitrogens is 1. The van der Waals surface area contributed by atoms with E-state index in [0.29, 0.717) is 47.7 Å². The highest BCUT2D eigenvalue weighted by Gasteiger charge is 2.23. The number of amides is 3. The number of aromatic amines is 1. The number of anilines is 3. The number of nitrogens with one attached hydrogen (secondary N) is 4. The Balaban J connectivity index is 1.85. The van der Waals surface area contributed by atoms with Crippen LogP contribution in [0.3, 0.4) is 0 Å². The predicted molar refractivity (Wildman–Crippen MR) is 143 cm³/mol. The summed E-state index contributed by atoms with van der Waals surface area (Å²) in [5, 5.41) is 8.60. The van der Waals surface area contributed by atoms with Gasteiger partial charge >= 0.3 is 6.09 Å². The second-order valence-corrected chi connectivity index (χ2v) is 8.74. The van der Waals surface area contributed by atoms with Gasteiger partial charge in [-0.2, -0.15) is 0 Å². The summed E-state index contributed by atoms with van der Waals surface area (Å²) in [7, 11) is 1.24. The number of nitrogens with two attached hydrogens (primary N) is 1. The number of benzene rings is 2. The minimum absolute atomic E-state index is 0.248. The highest BCUT2D eigenvalue weighted by atomic mass is 35.5. The van der Waals surface area contributed by atoms with Crippen LogP contribution in [-0.4, -0.2) is 35.0 Å². The van der Waals surface area contributed by atoms with Crippen molar-refractivity contribution in [2.45, 2.75) is 32.2 Å². The first-order valence-corrected chi connectivity index (χ1v) is 12.1. The third-order valence-electron chi connectivity index (χ3n) is 5.74. The van der Waals surface area contributed by atoms with Crippen LogP contribution in [0.2, 0.25) is 5.15 Å². The van der Waals surface area contributed by atoms with Gasteiger partial charge in [0.05, 0.1) is 24.0 Å². The van der Waals surface area contributed by atoms with E-state index in [4.69, 9.17) is 22.1 Å². The quantitative estimate of drug-likeness (QED) is 0.309. The fraction of sp³-hybridized carbons (Fsp3) is 0.231. The number of fused-ring (bicyclic) bond motifs is 4. The molecule has 3 aromatic rings. The van der Waals surface area contributed by atoms with Gasteiger partial charge in [-0.25, -0.2) is 9.78 Å². The molecule has 10 nitrogen and oxygen atoms in total. The summed E-state index contributed by atoms with van der Waals surface area (Å²) in [6.07, 6.45) is 5.38. The normalized spacial score (nSPS) is 13.3. The predicted octanol–water partition coefficient (Wildman–Crippen LogP) is 4.84. The second-order valence-electron chi connectivity index (χ2n) is 8.36. The molecule has 2 bridgehead atoms. The molecule has 0 aliphatic carbocycles. The number of ether oxygens (including phenoxy) is 1. The molecule has 0 atom stereocenters. The van der Waals surface area contributed by atoms with Crippen molar-refractivity contribution in [2.75, 3.05) is 23.1 Å². The third-order valence-corrected chi connectivity index (χ3v) is 6.02. The zero-order chi connectivity index (χ0) is 26.4. The van der Waals surface area contributed by atoms with Gasteiger partial charge in [-0.15, -0.1) is 0 Å². The molecule has 1 aromatic heterocycles. The van der Waals surface area contributed by atoms with Crippen LogP contribution in [0, 0.1) is 0 Å². The fourth-order valence-corrected chi connectivity index (χ4v) is 4.13. The summed E-state index contributed by atoms with van der Waals surface area (Å²) in [6.45, 7) is 0.353. The van der Waals surface area contributed by atoms with Gasteiger partial charge in [0.2, 0.25) is 5.91 Å². The molecular formula is C26H27ClN6O4. The molecule has 0 fully saturated rings. The average Bonchev–Trinajstić information content (AvgIpc) is 3.25. The fourth-order valence-electron chi connectivity index (χ4n) is 3.89. The van der Waals surface area contributed by atoms with E-state index >= 15 is 0 Å². The molecule has 0 spiro atoms. The van der Waals surface area contributed by atoms with Gasteiger partial charge in [0.15, 0.2) is 0 Å². The number of hydrogen-bond donors (Lipinski definition) is 5. The number of rotatable bonds is 4. The standard InChI is InChI=1S/C26H27ClN6O4/c1-37-26(36)29-17-12-18-22(19(13-17)31-25(35)16-10-8-15(14-28)9-11-16)23-24(27)33-20(32-23)6-4-2-3-5-7-21(34)30-18/h2-3,8-13H,4-7,14,28H2,1H3,(H,29,36)(H,30,34)(H,31,35)(H,32,33). The zero-order valence-corrected chi connectivity index (χ0v) is 20.9. The maximum atomic E-state index is 13.2. The smallest absolute Gasteiger partial charge is 0.411 e. The van der Waals surface area contributed by atoms with E-state index in [1.807, 2.05) is 12.2 Å². The highest BCUT2D eigenvalue weighted by molar-refractivity contribution is 6.32. The van der Waals surface area contributed by atoms with Crippen LogP contribution in [0.4, 0.5) is 21.9 Å². The monoisotopic (exact) mass is 522 g/mol. The third kappa shape index (κ3) is 6.35. The summed E-state index contributed by atoms with van der Waals surface area (Å²) < 4.78 is 4.72. The van der Waals surface area contributed by atoms with Crippen LogP contribution >= 0.6 is 11.6 Å². The van der Waals surface area contributed by atoms with Gasteiger partial charge < -0.3 is 26.1 Å². The number of aryl methyl sites for hydroxylation is 1. The number of hydrogen-bond acceptors (Lipinski definition) is 6. The van der Waals surface area contributed by atoms with E-state index in [1.54, 1.807) is 36.4 Å². The van der Waals surface area contributed by atoms with E-state index in [1.165, 1.54) is 7.11 Å². The highest BCUT2D eigenvalue weighted by Crippen LogP contribution is 2.41. The van der Waals surface area contributed by atoms with Crippen molar-refractivity contribution in [3.05, 3.63) is 70.7 Å². The number of imidazole rings is 1. The molecule has 0 unspecified atom stereocenters. The Morgan fingerprint density at radius 2 is 1.84 bits per heavy atom. The van der Waals surface area contributed by atoms with Crippen molar-refractivity contribution in [2.24, 2.45) is 5.73 Å². The van der Waals surface area contributed by atoms with E-state index < -0.39 is 12.0 Å². The first kappa shape index (κ1) is 25.9. The van der Waals surface area contributed by atoms with Crippen LogP contribution in [0.1, 0.15) is 41.0 Å². The lowest BCUT2D eigenvalue weighted by molar-refractivity contribution is -0.116. The van der Waals surface area contributed by atoms with Crippen LogP contribution in [0.5, 0.6) is 0 Å². The van der Waals surface area contributed by atoms with Crippen molar-refractivity contribution >= 4 is 46.6 Å². The number of carbonyl (C=O) groups excluding carboxylic acids is 3. The number of nitrogens with zero attached hydrogens (tertiary/aromatic N) is 1. The molecule has 2 heterocycles. The molecule has 1 aliphatic rings. The number of carbonyl (C=O) groups is 3. The maximum Gasteiger partial charge on any atom is 0.411 e. The van der Waals surface area contributed by atoms with E-state index in [2.05, 4.69) is 25.9 Å². The number of halogens is 1. The van der Waals surface area contributed by atoms with Crippen LogP contribution < -0.4 is 21.7 Å². The Hall–Kier alpha value is -4.15. The summed E-state index contributed by atoms with van der Waals surface area (Å²) in [5.41, 5.74) is 8.58. The van der Waals surface area contributed by atoms with Crippen LogP contribution in [0.15, 0.2) is 48.6 Å². The molecule has 1 aliphatic heterocycles. The first-order chi connectivity index (χ1) is 17.9.